The van der Waals surface area contributed by atoms with Crippen LogP contribution in [0.15, 0.2) is 36.4 Å². The van der Waals surface area contributed by atoms with Gasteiger partial charge in [-0.15, -0.1) is 0 Å². The summed E-state index contributed by atoms with van der Waals surface area (Å²) in [5.41, 5.74) is 0.751. The molecule has 0 aromatic heterocycles. The highest BCUT2D eigenvalue weighted by molar-refractivity contribution is 5.94. The molecule has 0 saturated heterocycles. The zero-order valence-corrected chi connectivity index (χ0v) is 12.7. The Bertz CT molecular complexity index is 708. The van der Waals surface area contributed by atoms with E-state index in [9.17, 15) is 13.6 Å². The maximum absolute atomic E-state index is 13.1. The SMILES string of the molecule is COc1ccc(OC)c(NCC(=O)Nc2ccc(F)c(F)c2)c1. The number of hydrogen-bond acceptors (Lipinski definition) is 4. The van der Waals surface area contributed by atoms with Crippen molar-refractivity contribution in [1.29, 1.82) is 0 Å². The Morgan fingerprint density at radius 3 is 2.48 bits per heavy atom. The average Bonchev–Trinajstić information content (AvgIpc) is 2.56. The highest BCUT2D eigenvalue weighted by Gasteiger charge is 2.09. The first-order valence-corrected chi connectivity index (χ1v) is 6.74. The zero-order chi connectivity index (χ0) is 16.8. The van der Waals surface area contributed by atoms with Crippen LogP contribution in [-0.4, -0.2) is 26.7 Å². The third-order valence-electron chi connectivity index (χ3n) is 3.05. The fraction of sp³-hybridized carbons (Fsp3) is 0.188. The molecule has 23 heavy (non-hydrogen) atoms. The predicted octanol–water partition coefficient (Wildman–Crippen LogP) is 3.03. The number of carbonyl (C=O) groups excluding carboxylic acids is 1. The van der Waals surface area contributed by atoms with Crippen LogP contribution in [0, 0.1) is 11.6 Å². The minimum absolute atomic E-state index is 0.0808. The van der Waals surface area contributed by atoms with E-state index in [4.69, 9.17) is 9.47 Å². The predicted molar refractivity (Wildman–Crippen MR) is 83.0 cm³/mol. The van der Waals surface area contributed by atoms with Crippen molar-refractivity contribution in [2.24, 2.45) is 0 Å². The molecule has 0 unspecified atom stereocenters. The summed E-state index contributed by atoms with van der Waals surface area (Å²) in [5, 5.41) is 5.37. The lowest BCUT2D eigenvalue weighted by Crippen LogP contribution is -2.22. The molecule has 2 rings (SSSR count). The van der Waals surface area contributed by atoms with Gasteiger partial charge in [-0.3, -0.25) is 4.79 Å². The first kappa shape index (κ1) is 16.5. The lowest BCUT2D eigenvalue weighted by molar-refractivity contribution is -0.114. The van der Waals surface area contributed by atoms with Crippen LogP contribution in [0.5, 0.6) is 11.5 Å². The Kier molecular flexibility index (Phi) is 5.35. The second kappa shape index (κ2) is 7.44. The summed E-state index contributed by atoms with van der Waals surface area (Å²) in [4.78, 5) is 11.9. The molecule has 1 amide bonds. The van der Waals surface area contributed by atoms with E-state index in [-0.39, 0.29) is 12.2 Å². The lowest BCUT2D eigenvalue weighted by Gasteiger charge is -2.12. The fourth-order valence-corrected chi connectivity index (χ4v) is 1.91. The van der Waals surface area contributed by atoms with Crippen molar-refractivity contribution in [1.82, 2.24) is 0 Å². The Labute approximate surface area is 132 Å². The zero-order valence-electron chi connectivity index (χ0n) is 12.7. The van der Waals surface area contributed by atoms with Crippen LogP contribution in [0.4, 0.5) is 20.2 Å². The molecule has 2 aromatic rings. The molecule has 0 aliphatic heterocycles. The number of benzene rings is 2. The largest absolute Gasteiger partial charge is 0.497 e. The molecule has 2 aromatic carbocycles. The maximum atomic E-state index is 13.1. The van der Waals surface area contributed by atoms with Crippen LogP contribution < -0.4 is 20.1 Å². The van der Waals surface area contributed by atoms with Gasteiger partial charge in [-0.25, -0.2) is 8.78 Å². The van der Waals surface area contributed by atoms with Crippen LogP contribution in [0.3, 0.4) is 0 Å². The number of hydrogen-bond donors (Lipinski definition) is 2. The van der Waals surface area contributed by atoms with Crippen LogP contribution >= 0.6 is 0 Å². The molecule has 0 aliphatic rings. The molecule has 7 heteroatoms. The summed E-state index contributed by atoms with van der Waals surface area (Å²) in [6.45, 7) is -0.0808. The highest BCUT2D eigenvalue weighted by Crippen LogP contribution is 2.28. The van der Waals surface area contributed by atoms with Crippen molar-refractivity contribution < 1.29 is 23.0 Å². The number of nitrogens with one attached hydrogen (secondary N) is 2. The van der Waals surface area contributed by atoms with Crippen LogP contribution in [-0.2, 0) is 4.79 Å². The third kappa shape index (κ3) is 4.32. The molecule has 0 radical (unpaired) electrons. The summed E-state index contributed by atoms with van der Waals surface area (Å²) in [7, 11) is 3.04. The minimum Gasteiger partial charge on any atom is -0.497 e. The number of carbonyl (C=O) groups is 1. The van der Waals surface area contributed by atoms with Gasteiger partial charge in [0.05, 0.1) is 26.5 Å². The standard InChI is InChI=1S/C16H16F2N2O3/c1-22-11-4-6-15(23-2)14(8-11)19-9-16(21)20-10-3-5-12(17)13(18)7-10/h3-8,19H,9H2,1-2H3,(H,20,21). The molecular formula is C16H16F2N2O3. The number of anilines is 2. The van der Waals surface area contributed by atoms with E-state index in [1.54, 1.807) is 18.2 Å². The fourth-order valence-electron chi connectivity index (χ4n) is 1.91. The van der Waals surface area contributed by atoms with Crippen molar-refractivity contribution >= 4 is 17.3 Å². The average molecular weight is 322 g/mol. The number of ether oxygens (including phenoxy) is 2. The van der Waals surface area contributed by atoms with Gasteiger partial charge in [-0.1, -0.05) is 0 Å². The quantitative estimate of drug-likeness (QED) is 0.858. The van der Waals surface area contributed by atoms with E-state index in [2.05, 4.69) is 10.6 Å². The van der Waals surface area contributed by atoms with Gasteiger partial charge in [0, 0.05) is 17.8 Å². The normalized spacial score (nSPS) is 10.1. The molecule has 122 valence electrons. The topological polar surface area (TPSA) is 59.6 Å². The van der Waals surface area contributed by atoms with Crippen molar-refractivity contribution in [3.63, 3.8) is 0 Å². The summed E-state index contributed by atoms with van der Waals surface area (Å²) >= 11 is 0. The second-order valence-electron chi connectivity index (χ2n) is 4.60. The van der Waals surface area contributed by atoms with E-state index in [1.165, 1.54) is 20.3 Å². The summed E-state index contributed by atoms with van der Waals surface area (Å²) in [6, 6.07) is 8.26. The molecule has 0 heterocycles. The summed E-state index contributed by atoms with van der Waals surface area (Å²) < 4.78 is 36.2. The van der Waals surface area contributed by atoms with Gasteiger partial charge in [-0.2, -0.15) is 0 Å². The Morgan fingerprint density at radius 1 is 1.04 bits per heavy atom. The van der Waals surface area contributed by atoms with Gasteiger partial charge in [0.15, 0.2) is 11.6 Å². The summed E-state index contributed by atoms with van der Waals surface area (Å²) in [6.07, 6.45) is 0. The minimum atomic E-state index is -1.02. The molecule has 0 bridgehead atoms. The molecule has 5 nitrogen and oxygen atoms in total. The van der Waals surface area contributed by atoms with Gasteiger partial charge in [0.1, 0.15) is 11.5 Å². The smallest absolute Gasteiger partial charge is 0.243 e. The molecule has 0 aliphatic carbocycles. The van der Waals surface area contributed by atoms with Crippen molar-refractivity contribution in [3.05, 3.63) is 48.0 Å². The van der Waals surface area contributed by atoms with Crippen LogP contribution in [0.25, 0.3) is 0 Å². The Hall–Kier alpha value is -2.83. The number of halogens is 2. The molecule has 2 N–H and O–H groups in total. The Morgan fingerprint density at radius 2 is 1.83 bits per heavy atom. The van der Waals surface area contributed by atoms with Crippen LogP contribution in [0.2, 0.25) is 0 Å². The van der Waals surface area contributed by atoms with Gasteiger partial charge in [0.2, 0.25) is 5.91 Å². The van der Waals surface area contributed by atoms with E-state index < -0.39 is 17.5 Å². The number of methoxy groups -OCH3 is 2. The highest BCUT2D eigenvalue weighted by atomic mass is 19.2. The lowest BCUT2D eigenvalue weighted by atomic mass is 10.2. The molecule has 0 spiro atoms. The second-order valence-corrected chi connectivity index (χ2v) is 4.60. The number of amides is 1. The van der Waals surface area contributed by atoms with Crippen LogP contribution in [0.1, 0.15) is 0 Å². The van der Waals surface area contributed by atoms with Crippen molar-refractivity contribution in [2.45, 2.75) is 0 Å². The first-order chi connectivity index (χ1) is 11.0. The van der Waals surface area contributed by atoms with E-state index in [0.29, 0.717) is 17.2 Å². The molecule has 0 saturated carbocycles. The molecule has 0 fully saturated rings. The maximum Gasteiger partial charge on any atom is 0.243 e. The van der Waals surface area contributed by atoms with Crippen molar-refractivity contribution in [2.75, 3.05) is 31.4 Å². The first-order valence-electron chi connectivity index (χ1n) is 6.74. The van der Waals surface area contributed by atoms with Gasteiger partial charge >= 0.3 is 0 Å². The number of rotatable bonds is 6. The molecule has 0 atom stereocenters. The molecular weight excluding hydrogens is 306 g/mol. The third-order valence-corrected chi connectivity index (χ3v) is 3.05. The van der Waals surface area contributed by atoms with Crippen molar-refractivity contribution in [3.8, 4) is 11.5 Å². The van der Waals surface area contributed by atoms with Gasteiger partial charge in [0.25, 0.3) is 0 Å². The van der Waals surface area contributed by atoms with Gasteiger partial charge in [-0.05, 0) is 24.3 Å². The van der Waals surface area contributed by atoms with E-state index in [0.717, 1.165) is 12.1 Å². The Balaban J connectivity index is 2.00. The van der Waals surface area contributed by atoms with E-state index >= 15 is 0 Å². The van der Waals surface area contributed by atoms with E-state index in [1.807, 2.05) is 0 Å². The van der Waals surface area contributed by atoms with Gasteiger partial charge < -0.3 is 20.1 Å². The summed E-state index contributed by atoms with van der Waals surface area (Å²) in [5.74, 6) is -1.26. The monoisotopic (exact) mass is 322 g/mol.